The van der Waals surface area contributed by atoms with Crippen LogP contribution in [0.2, 0.25) is 0 Å². The third-order valence-electron chi connectivity index (χ3n) is 3.81. The molecule has 0 aliphatic carbocycles. The standard InChI is InChI=1S/C18H17F3N2OS/c1-10-11(2)23-15(9-22-10)14-8-17(3,4)24-16-6-5-12(7-13(14)16)25-18(19,20)21/h5-9H,1-4H3. The molecular weight excluding hydrogens is 349 g/mol. The molecule has 0 bridgehead atoms. The van der Waals surface area contributed by atoms with Crippen molar-refractivity contribution in [2.75, 3.05) is 0 Å². The average molecular weight is 366 g/mol. The molecule has 1 aliphatic rings. The monoisotopic (exact) mass is 366 g/mol. The maximum atomic E-state index is 12.7. The summed E-state index contributed by atoms with van der Waals surface area (Å²) >= 11 is -0.143. The highest BCUT2D eigenvalue weighted by molar-refractivity contribution is 8.00. The summed E-state index contributed by atoms with van der Waals surface area (Å²) in [4.78, 5) is 8.99. The molecule has 3 nitrogen and oxygen atoms in total. The molecule has 132 valence electrons. The molecule has 7 heteroatoms. The maximum absolute atomic E-state index is 12.7. The van der Waals surface area contributed by atoms with E-state index in [1.807, 2.05) is 33.8 Å². The van der Waals surface area contributed by atoms with Crippen LogP contribution in [-0.4, -0.2) is 21.1 Å². The van der Waals surface area contributed by atoms with Crippen LogP contribution >= 0.6 is 11.8 Å². The Morgan fingerprint density at radius 3 is 2.48 bits per heavy atom. The number of hydrogen-bond donors (Lipinski definition) is 0. The Balaban J connectivity index is 2.12. The van der Waals surface area contributed by atoms with Crippen molar-refractivity contribution in [3.63, 3.8) is 0 Å². The second kappa shape index (κ2) is 6.05. The Kier molecular flexibility index (Phi) is 4.31. The number of ether oxygens (including phenoxy) is 1. The summed E-state index contributed by atoms with van der Waals surface area (Å²) in [7, 11) is 0. The average Bonchev–Trinajstić information content (AvgIpc) is 2.47. The van der Waals surface area contributed by atoms with E-state index >= 15 is 0 Å². The van der Waals surface area contributed by atoms with Gasteiger partial charge in [-0.1, -0.05) is 0 Å². The minimum Gasteiger partial charge on any atom is -0.483 e. The zero-order valence-electron chi connectivity index (χ0n) is 14.2. The fourth-order valence-electron chi connectivity index (χ4n) is 2.63. The predicted octanol–water partition coefficient (Wildman–Crippen LogP) is 5.31. The van der Waals surface area contributed by atoms with Crippen molar-refractivity contribution in [1.29, 1.82) is 0 Å². The van der Waals surface area contributed by atoms with Crippen molar-refractivity contribution in [1.82, 2.24) is 9.97 Å². The number of fused-ring (bicyclic) bond motifs is 1. The summed E-state index contributed by atoms with van der Waals surface area (Å²) in [6, 6.07) is 4.49. The lowest BCUT2D eigenvalue weighted by Crippen LogP contribution is -2.29. The van der Waals surface area contributed by atoms with Crippen LogP contribution in [0.25, 0.3) is 5.57 Å². The van der Waals surface area contributed by atoms with Crippen LogP contribution in [0.1, 0.15) is 36.5 Å². The molecule has 0 fully saturated rings. The van der Waals surface area contributed by atoms with E-state index in [2.05, 4.69) is 9.97 Å². The van der Waals surface area contributed by atoms with Gasteiger partial charge in [-0.2, -0.15) is 13.2 Å². The molecule has 3 rings (SSSR count). The first kappa shape index (κ1) is 17.8. The van der Waals surface area contributed by atoms with Crippen LogP contribution in [-0.2, 0) is 0 Å². The molecule has 0 spiro atoms. The van der Waals surface area contributed by atoms with Crippen molar-refractivity contribution in [2.45, 2.75) is 43.7 Å². The number of rotatable bonds is 2. The van der Waals surface area contributed by atoms with Crippen LogP contribution < -0.4 is 4.74 Å². The van der Waals surface area contributed by atoms with Crippen molar-refractivity contribution in [2.24, 2.45) is 0 Å². The molecular formula is C18H17F3N2OS. The van der Waals surface area contributed by atoms with Gasteiger partial charge in [-0.05, 0) is 63.7 Å². The third-order valence-corrected chi connectivity index (χ3v) is 4.53. The van der Waals surface area contributed by atoms with E-state index in [-0.39, 0.29) is 16.7 Å². The highest BCUT2D eigenvalue weighted by atomic mass is 32.2. The van der Waals surface area contributed by atoms with E-state index in [9.17, 15) is 13.2 Å². The molecule has 0 saturated heterocycles. The molecule has 0 amide bonds. The summed E-state index contributed by atoms with van der Waals surface area (Å²) < 4.78 is 44.0. The van der Waals surface area contributed by atoms with Crippen molar-refractivity contribution in [3.8, 4) is 5.75 Å². The third kappa shape index (κ3) is 3.98. The van der Waals surface area contributed by atoms with E-state index in [1.54, 1.807) is 12.3 Å². The lowest BCUT2D eigenvalue weighted by Gasteiger charge is -2.31. The lowest BCUT2D eigenvalue weighted by molar-refractivity contribution is -0.0328. The maximum Gasteiger partial charge on any atom is 0.446 e. The van der Waals surface area contributed by atoms with Gasteiger partial charge >= 0.3 is 5.51 Å². The van der Waals surface area contributed by atoms with E-state index in [4.69, 9.17) is 4.74 Å². The molecule has 1 aliphatic heterocycles. The molecule has 0 N–H and O–H groups in total. The quantitative estimate of drug-likeness (QED) is 0.675. The Bertz CT molecular complexity index is 860. The number of nitrogens with zero attached hydrogens (tertiary/aromatic N) is 2. The Morgan fingerprint density at radius 2 is 1.84 bits per heavy atom. The number of aromatic nitrogens is 2. The molecule has 1 aromatic heterocycles. The van der Waals surface area contributed by atoms with Gasteiger partial charge in [0.15, 0.2) is 0 Å². The number of aryl methyl sites for hydroxylation is 2. The van der Waals surface area contributed by atoms with Crippen molar-refractivity contribution < 1.29 is 17.9 Å². The van der Waals surface area contributed by atoms with Crippen LogP contribution in [0, 0.1) is 13.8 Å². The van der Waals surface area contributed by atoms with Gasteiger partial charge in [0, 0.05) is 16.0 Å². The first-order valence-corrected chi connectivity index (χ1v) is 8.48. The van der Waals surface area contributed by atoms with Gasteiger partial charge in [-0.25, -0.2) is 4.98 Å². The largest absolute Gasteiger partial charge is 0.483 e. The van der Waals surface area contributed by atoms with Gasteiger partial charge < -0.3 is 4.74 Å². The van der Waals surface area contributed by atoms with Gasteiger partial charge in [-0.15, -0.1) is 0 Å². The SMILES string of the molecule is Cc1ncc(C2=CC(C)(C)Oc3ccc(SC(F)(F)F)cc32)nc1C. The highest BCUT2D eigenvalue weighted by Gasteiger charge is 2.32. The lowest BCUT2D eigenvalue weighted by atomic mass is 9.93. The summed E-state index contributed by atoms with van der Waals surface area (Å²) in [5.74, 6) is 0.536. The zero-order valence-corrected chi connectivity index (χ0v) is 15.0. The molecule has 0 saturated carbocycles. The summed E-state index contributed by atoms with van der Waals surface area (Å²) in [6.45, 7) is 7.50. The molecule has 0 unspecified atom stereocenters. The second-order valence-electron chi connectivity index (χ2n) is 6.40. The zero-order chi connectivity index (χ0) is 18.4. The summed E-state index contributed by atoms with van der Waals surface area (Å²) in [6.07, 6.45) is 3.51. The number of hydrogen-bond acceptors (Lipinski definition) is 4. The van der Waals surface area contributed by atoms with Gasteiger partial charge in [0.1, 0.15) is 11.4 Å². The molecule has 0 radical (unpaired) electrons. The molecule has 25 heavy (non-hydrogen) atoms. The molecule has 2 aromatic rings. The first-order chi connectivity index (χ1) is 11.5. The number of halogens is 3. The van der Waals surface area contributed by atoms with Crippen LogP contribution in [0.4, 0.5) is 13.2 Å². The highest BCUT2D eigenvalue weighted by Crippen LogP contribution is 2.43. The van der Waals surface area contributed by atoms with Crippen LogP contribution in [0.5, 0.6) is 5.75 Å². The fraction of sp³-hybridized carbons (Fsp3) is 0.333. The Morgan fingerprint density at radius 1 is 1.12 bits per heavy atom. The minimum atomic E-state index is -4.34. The van der Waals surface area contributed by atoms with E-state index in [0.717, 1.165) is 17.0 Å². The number of benzene rings is 1. The summed E-state index contributed by atoms with van der Waals surface area (Å²) in [5, 5.41) is 0. The van der Waals surface area contributed by atoms with E-state index in [0.29, 0.717) is 17.0 Å². The van der Waals surface area contributed by atoms with Gasteiger partial charge in [0.25, 0.3) is 0 Å². The Hall–Kier alpha value is -2.02. The predicted molar refractivity (Wildman–Crippen MR) is 91.6 cm³/mol. The topological polar surface area (TPSA) is 35.0 Å². The normalized spacial score (nSPS) is 16.0. The number of alkyl halides is 3. The van der Waals surface area contributed by atoms with E-state index in [1.165, 1.54) is 12.1 Å². The number of thioether (sulfide) groups is 1. The van der Waals surface area contributed by atoms with Crippen molar-refractivity contribution >= 4 is 17.3 Å². The first-order valence-electron chi connectivity index (χ1n) is 7.67. The summed E-state index contributed by atoms with van der Waals surface area (Å²) in [5.41, 5.74) is -1.40. The molecule has 1 aromatic carbocycles. The van der Waals surface area contributed by atoms with Gasteiger partial charge in [0.05, 0.1) is 23.3 Å². The second-order valence-corrected chi connectivity index (χ2v) is 7.53. The molecule has 2 heterocycles. The van der Waals surface area contributed by atoms with Gasteiger partial charge in [0.2, 0.25) is 0 Å². The smallest absolute Gasteiger partial charge is 0.446 e. The van der Waals surface area contributed by atoms with Gasteiger partial charge in [-0.3, -0.25) is 4.98 Å². The van der Waals surface area contributed by atoms with Crippen molar-refractivity contribution in [3.05, 3.63) is 53.1 Å². The van der Waals surface area contributed by atoms with Crippen LogP contribution in [0.15, 0.2) is 35.4 Å². The van der Waals surface area contributed by atoms with Crippen LogP contribution in [0.3, 0.4) is 0 Å². The Labute approximate surface area is 148 Å². The minimum absolute atomic E-state index is 0.109. The molecule has 0 atom stereocenters. The fourth-order valence-corrected chi connectivity index (χ4v) is 3.21. The van der Waals surface area contributed by atoms with E-state index < -0.39 is 11.1 Å².